The summed E-state index contributed by atoms with van der Waals surface area (Å²) < 4.78 is 12.6. The molecule has 1 aromatic heterocycles. The Labute approximate surface area is 141 Å². The SMILES string of the molecule is CCc1sc(COc2ccc3c(c2)OCC(C=O)=C3)cc1Br. The molecule has 2 aromatic rings. The van der Waals surface area contributed by atoms with E-state index in [2.05, 4.69) is 28.9 Å². The molecule has 0 saturated carbocycles. The molecule has 0 bridgehead atoms. The third-order valence-corrected chi connectivity index (χ3v) is 5.61. The van der Waals surface area contributed by atoms with Gasteiger partial charge in [0.1, 0.15) is 31.0 Å². The molecule has 0 fully saturated rings. The second-order valence-electron chi connectivity index (χ2n) is 4.95. The average molecular weight is 379 g/mol. The lowest BCUT2D eigenvalue weighted by molar-refractivity contribution is -0.105. The Balaban J connectivity index is 1.71. The molecule has 0 aliphatic carbocycles. The van der Waals surface area contributed by atoms with Crippen molar-refractivity contribution in [2.45, 2.75) is 20.0 Å². The van der Waals surface area contributed by atoms with E-state index in [1.54, 1.807) is 11.3 Å². The highest BCUT2D eigenvalue weighted by molar-refractivity contribution is 9.10. The zero-order valence-electron chi connectivity index (χ0n) is 12.1. The summed E-state index contributed by atoms with van der Waals surface area (Å²) in [4.78, 5) is 13.3. The summed E-state index contributed by atoms with van der Waals surface area (Å²) in [6, 6.07) is 7.79. The van der Waals surface area contributed by atoms with Gasteiger partial charge in [0.15, 0.2) is 0 Å². The fourth-order valence-corrected chi connectivity index (χ4v) is 4.11. The maximum atomic E-state index is 10.8. The van der Waals surface area contributed by atoms with Gasteiger partial charge < -0.3 is 9.47 Å². The second kappa shape index (κ2) is 6.67. The lowest BCUT2D eigenvalue weighted by Gasteiger charge is -2.16. The van der Waals surface area contributed by atoms with E-state index >= 15 is 0 Å². The first-order valence-electron chi connectivity index (χ1n) is 7.02. The van der Waals surface area contributed by atoms with Gasteiger partial charge in [-0.3, -0.25) is 4.79 Å². The van der Waals surface area contributed by atoms with Crippen LogP contribution in [0.25, 0.3) is 6.08 Å². The van der Waals surface area contributed by atoms with Crippen LogP contribution in [0.1, 0.15) is 22.2 Å². The van der Waals surface area contributed by atoms with Crippen LogP contribution in [0.5, 0.6) is 11.5 Å². The van der Waals surface area contributed by atoms with Crippen molar-refractivity contribution in [2.24, 2.45) is 0 Å². The number of thiophene rings is 1. The summed E-state index contributed by atoms with van der Waals surface area (Å²) in [6.45, 7) is 3.00. The Morgan fingerprint density at radius 2 is 2.27 bits per heavy atom. The van der Waals surface area contributed by atoms with Crippen LogP contribution in [-0.4, -0.2) is 12.9 Å². The summed E-state index contributed by atoms with van der Waals surface area (Å²) in [5.74, 6) is 1.52. The molecule has 0 unspecified atom stereocenters. The van der Waals surface area contributed by atoms with Crippen molar-refractivity contribution in [3.8, 4) is 11.5 Å². The molecule has 0 N–H and O–H groups in total. The first-order chi connectivity index (χ1) is 10.7. The number of hydrogen-bond acceptors (Lipinski definition) is 4. The fraction of sp³-hybridized carbons (Fsp3) is 0.235. The number of aryl methyl sites for hydroxylation is 1. The molecule has 0 amide bonds. The topological polar surface area (TPSA) is 35.5 Å². The standard InChI is InChI=1S/C17H15BrO3S/c1-2-17-15(18)7-14(22-17)10-20-13-4-3-12-5-11(8-19)9-21-16(12)6-13/h3-8H,2,9-10H2,1H3. The van der Waals surface area contributed by atoms with Gasteiger partial charge in [-0.15, -0.1) is 11.3 Å². The minimum atomic E-state index is 0.317. The van der Waals surface area contributed by atoms with Gasteiger partial charge in [0.05, 0.1) is 0 Å². The quantitative estimate of drug-likeness (QED) is 0.711. The highest BCUT2D eigenvalue weighted by Gasteiger charge is 2.12. The van der Waals surface area contributed by atoms with Gasteiger partial charge in [0.2, 0.25) is 0 Å². The second-order valence-corrected chi connectivity index (χ2v) is 7.03. The number of benzene rings is 1. The molecule has 1 aliphatic rings. The minimum Gasteiger partial charge on any atom is -0.488 e. The smallest absolute Gasteiger partial charge is 0.149 e. The van der Waals surface area contributed by atoms with Crippen molar-refractivity contribution in [3.05, 3.63) is 49.6 Å². The summed E-state index contributed by atoms with van der Waals surface area (Å²) >= 11 is 5.32. The van der Waals surface area contributed by atoms with E-state index < -0.39 is 0 Å². The van der Waals surface area contributed by atoms with Crippen LogP contribution >= 0.6 is 27.3 Å². The van der Waals surface area contributed by atoms with Crippen molar-refractivity contribution >= 4 is 39.6 Å². The van der Waals surface area contributed by atoms with Crippen molar-refractivity contribution < 1.29 is 14.3 Å². The van der Waals surface area contributed by atoms with Crippen LogP contribution < -0.4 is 9.47 Å². The van der Waals surface area contributed by atoms with E-state index in [-0.39, 0.29) is 0 Å². The Morgan fingerprint density at radius 1 is 1.41 bits per heavy atom. The molecule has 0 atom stereocenters. The number of rotatable bonds is 5. The number of hydrogen-bond donors (Lipinski definition) is 0. The zero-order valence-corrected chi connectivity index (χ0v) is 14.5. The molecular formula is C17H15BrO3S. The zero-order chi connectivity index (χ0) is 15.5. The third-order valence-electron chi connectivity index (χ3n) is 3.38. The number of carbonyl (C=O) groups is 1. The number of fused-ring (bicyclic) bond motifs is 1. The largest absolute Gasteiger partial charge is 0.488 e. The summed E-state index contributed by atoms with van der Waals surface area (Å²) in [6.07, 6.45) is 3.69. The van der Waals surface area contributed by atoms with Gasteiger partial charge in [-0.1, -0.05) is 6.92 Å². The molecule has 22 heavy (non-hydrogen) atoms. The lowest BCUT2D eigenvalue weighted by atomic mass is 10.1. The average Bonchev–Trinajstić information content (AvgIpc) is 2.92. The van der Waals surface area contributed by atoms with Crippen LogP contribution in [0.15, 0.2) is 34.3 Å². The van der Waals surface area contributed by atoms with Crippen molar-refractivity contribution in [1.82, 2.24) is 0 Å². The minimum absolute atomic E-state index is 0.317. The number of carbonyl (C=O) groups excluding carboxylic acids is 1. The van der Waals surface area contributed by atoms with Gasteiger partial charge in [0.25, 0.3) is 0 Å². The predicted octanol–water partition coefficient (Wildman–Crippen LogP) is 4.63. The van der Waals surface area contributed by atoms with Crippen LogP contribution in [0.2, 0.25) is 0 Å². The number of halogens is 1. The Kier molecular flexibility index (Phi) is 4.64. The molecule has 1 aliphatic heterocycles. The Bertz CT molecular complexity index is 734. The van der Waals surface area contributed by atoms with Crippen LogP contribution in [0.4, 0.5) is 0 Å². The van der Waals surface area contributed by atoms with Gasteiger partial charge in [-0.05, 0) is 46.6 Å². The number of aldehydes is 1. The number of ether oxygens (including phenoxy) is 2. The Hall–Kier alpha value is -1.59. The van der Waals surface area contributed by atoms with E-state index in [0.717, 1.165) is 34.2 Å². The maximum Gasteiger partial charge on any atom is 0.149 e. The molecule has 5 heteroatoms. The first-order valence-corrected chi connectivity index (χ1v) is 8.63. The van der Waals surface area contributed by atoms with Crippen LogP contribution in [0, 0.1) is 0 Å². The van der Waals surface area contributed by atoms with Crippen LogP contribution in [-0.2, 0) is 17.8 Å². The molecule has 0 radical (unpaired) electrons. The molecule has 3 nitrogen and oxygen atoms in total. The van der Waals surface area contributed by atoms with E-state index in [1.165, 1.54) is 9.75 Å². The van der Waals surface area contributed by atoms with E-state index in [0.29, 0.717) is 18.8 Å². The predicted molar refractivity (Wildman–Crippen MR) is 91.7 cm³/mol. The van der Waals surface area contributed by atoms with Crippen molar-refractivity contribution in [3.63, 3.8) is 0 Å². The Morgan fingerprint density at radius 3 is 3.00 bits per heavy atom. The van der Waals surface area contributed by atoms with E-state index in [1.807, 2.05) is 24.3 Å². The highest BCUT2D eigenvalue weighted by Crippen LogP contribution is 2.32. The fourth-order valence-electron chi connectivity index (χ4n) is 2.24. The summed E-state index contributed by atoms with van der Waals surface area (Å²) in [5.41, 5.74) is 1.56. The summed E-state index contributed by atoms with van der Waals surface area (Å²) in [5, 5.41) is 0. The summed E-state index contributed by atoms with van der Waals surface area (Å²) in [7, 11) is 0. The maximum absolute atomic E-state index is 10.8. The van der Waals surface area contributed by atoms with E-state index in [4.69, 9.17) is 9.47 Å². The third kappa shape index (κ3) is 3.25. The molecule has 0 spiro atoms. The lowest BCUT2D eigenvalue weighted by Crippen LogP contribution is -2.08. The molecule has 2 heterocycles. The normalized spacial score (nSPS) is 13.1. The monoisotopic (exact) mass is 378 g/mol. The van der Waals surface area contributed by atoms with Gasteiger partial charge in [-0.2, -0.15) is 0 Å². The van der Waals surface area contributed by atoms with Crippen molar-refractivity contribution in [1.29, 1.82) is 0 Å². The molecule has 0 saturated heterocycles. The molecule has 1 aromatic carbocycles. The van der Waals surface area contributed by atoms with Gasteiger partial charge >= 0.3 is 0 Å². The van der Waals surface area contributed by atoms with Crippen molar-refractivity contribution in [2.75, 3.05) is 6.61 Å². The van der Waals surface area contributed by atoms with Crippen LogP contribution in [0.3, 0.4) is 0 Å². The molecular weight excluding hydrogens is 364 g/mol. The highest BCUT2D eigenvalue weighted by atomic mass is 79.9. The molecule has 114 valence electrons. The molecule has 3 rings (SSSR count). The first kappa shape index (κ1) is 15.3. The van der Waals surface area contributed by atoms with Gasteiger partial charge in [0, 0.05) is 31.4 Å². The van der Waals surface area contributed by atoms with Gasteiger partial charge in [-0.25, -0.2) is 0 Å². The van der Waals surface area contributed by atoms with E-state index in [9.17, 15) is 4.79 Å².